The summed E-state index contributed by atoms with van der Waals surface area (Å²) in [6.45, 7) is 3.61. The van der Waals surface area contributed by atoms with Crippen LogP contribution in [0.2, 0.25) is 0 Å². The molecule has 104 valence electrons. The smallest absolute Gasteiger partial charge is 0.0727 e. The van der Waals surface area contributed by atoms with Gasteiger partial charge in [-0.15, -0.1) is 0 Å². The van der Waals surface area contributed by atoms with E-state index in [1.54, 1.807) is 0 Å². The molecule has 1 aliphatic rings. The van der Waals surface area contributed by atoms with E-state index in [4.69, 9.17) is 18.0 Å². The van der Waals surface area contributed by atoms with Crippen LogP contribution < -0.4 is 5.73 Å². The number of hydrogen-bond donors (Lipinski definition) is 1. The van der Waals surface area contributed by atoms with Crippen LogP contribution in [0.4, 0.5) is 0 Å². The third kappa shape index (κ3) is 5.29. The van der Waals surface area contributed by atoms with Crippen molar-refractivity contribution in [2.45, 2.75) is 32.1 Å². The van der Waals surface area contributed by atoms with Gasteiger partial charge in [-0.2, -0.15) is 0 Å². The van der Waals surface area contributed by atoms with Crippen LogP contribution in [0, 0.1) is 5.92 Å². The highest BCUT2D eigenvalue weighted by Crippen LogP contribution is 2.21. The number of nitrogens with zero attached hydrogens (tertiary/aromatic N) is 1. The molecular weight excluding hydrogens is 252 g/mol. The second kappa shape index (κ2) is 7.61. The maximum Gasteiger partial charge on any atom is 0.0727 e. The first-order valence-electron chi connectivity index (χ1n) is 7.28. The summed E-state index contributed by atoms with van der Waals surface area (Å²) in [6.07, 6.45) is 5.88. The summed E-state index contributed by atoms with van der Waals surface area (Å²) in [4.78, 5) is 3.21. The van der Waals surface area contributed by atoms with Gasteiger partial charge in [-0.05, 0) is 63.2 Å². The molecule has 19 heavy (non-hydrogen) atoms. The van der Waals surface area contributed by atoms with E-state index >= 15 is 0 Å². The van der Waals surface area contributed by atoms with Crippen LogP contribution in [0.3, 0.4) is 0 Å². The topological polar surface area (TPSA) is 29.3 Å². The van der Waals surface area contributed by atoms with Crippen molar-refractivity contribution in [3.8, 4) is 0 Å². The van der Waals surface area contributed by atoms with E-state index in [9.17, 15) is 0 Å². The molecule has 3 heteroatoms. The molecule has 0 aliphatic carbocycles. The first-order chi connectivity index (χ1) is 9.24. The molecule has 0 radical (unpaired) electrons. The van der Waals surface area contributed by atoms with Crippen LogP contribution in [0.15, 0.2) is 30.3 Å². The molecule has 2 nitrogen and oxygen atoms in total. The highest BCUT2D eigenvalue weighted by Gasteiger charge is 2.18. The second-order valence-electron chi connectivity index (χ2n) is 5.54. The van der Waals surface area contributed by atoms with Gasteiger partial charge < -0.3 is 10.6 Å². The number of thiocarbonyl (C=S) groups is 1. The third-order valence-electron chi connectivity index (χ3n) is 3.97. The molecule has 1 heterocycles. The van der Waals surface area contributed by atoms with Crippen molar-refractivity contribution in [3.05, 3.63) is 35.9 Å². The Morgan fingerprint density at radius 1 is 1.21 bits per heavy atom. The Morgan fingerprint density at radius 3 is 2.53 bits per heavy atom. The highest BCUT2D eigenvalue weighted by atomic mass is 32.1. The summed E-state index contributed by atoms with van der Waals surface area (Å²) < 4.78 is 0. The van der Waals surface area contributed by atoms with Gasteiger partial charge in [0.2, 0.25) is 0 Å². The van der Waals surface area contributed by atoms with Gasteiger partial charge in [0.15, 0.2) is 0 Å². The Kier molecular flexibility index (Phi) is 5.80. The highest BCUT2D eigenvalue weighted by molar-refractivity contribution is 7.80. The molecular formula is C16H24N2S. The molecule has 0 spiro atoms. The van der Waals surface area contributed by atoms with Crippen LogP contribution >= 0.6 is 12.2 Å². The Labute approximate surface area is 122 Å². The molecule has 0 saturated carbocycles. The molecule has 2 N–H and O–H groups in total. The Morgan fingerprint density at radius 2 is 1.89 bits per heavy atom. The van der Waals surface area contributed by atoms with Gasteiger partial charge in [0, 0.05) is 0 Å². The van der Waals surface area contributed by atoms with Crippen molar-refractivity contribution >= 4 is 17.2 Å². The minimum absolute atomic E-state index is 0.652. The van der Waals surface area contributed by atoms with E-state index in [-0.39, 0.29) is 0 Å². The van der Waals surface area contributed by atoms with Crippen LogP contribution in [0.5, 0.6) is 0 Å². The van der Waals surface area contributed by atoms with E-state index in [1.807, 2.05) is 0 Å². The number of nitrogens with two attached hydrogens (primary N) is 1. The van der Waals surface area contributed by atoms with E-state index in [0.717, 1.165) is 25.3 Å². The van der Waals surface area contributed by atoms with E-state index < -0.39 is 0 Å². The van der Waals surface area contributed by atoms with E-state index in [1.165, 1.54) is 37.9 Å². The van der Waals surface area contributed by atoms with E-state index in [2.05, 4.69) is 35.2 Å². The SMILES string of the molecule is NC(=S)CCCN1CCC(Cc2ccccc2)CC1. The maximum atomic E-state index is 5.53. The van der Waals surface area contributed by atoms with Gasteiger partial charge in [0.25, 0.3) is 0 Å². The zero-order chi connectivity index (χ0) is 13.5. The Hall–Kier alpha value is -0.930. The van der Waals surface area contributed by atoms with E-state index in [0.29, 0.717) is 4.99 Å². The van der Waals surface area contributed by atoms with Crippen molar-refractivity contribution in [2.75, 3.05) is 19.6 Å². The summed E-state index contributed by atoms with van der Waals surface area (Å²) in [5.41, 5.74) is 7.01. The number of piperidine rings is 1. The van der Waals surface area contributed by atoms with Crippen molar-refractivity contribution in [3.63, 3.8) is 0 Å². The number of rotatable bonds is 6. The zero-order valence-electron chi connectivity index (χ0n) is 11.6. The number of likely N-dealkylation sites (tertiary alicyclic amines) is 1. The molecule has 0 aromatic heterocycles. The monoisotopic (exact) mass is 276 g/mol. The summed E-state index contributed by atoms with van der Waals surface area (Å²) in [5, 5.41) is 0. The lowest BCUT2D eigenvalue weighted by Gasteiger charge is -2.32. The standard InChI is InChI=1S/C16H24N2S/c17-16(19)7-4-10-18-11-8-15(9-12-18)13-14-5-2-1-3-6-14/h1-3,5-6,15H,4,7-13H2,(H2,17,19). The van der Waals surface area contributed by atoms with Crippen molar-refractivity contribution < 1.29 is 0 Å². The molecule has 1 saturated heterocycles. The van der Waals surface area contributed by atoms with Gasteiger partial charge in [-0.3, -0.25) is 0 Å². The van der Waals surface area contributed by atoms with Crippen molar-refractivity contribution in [1.82, 2.24) is 4.90 Å². The number of hydrogen-bond acceptors (Lipinski definition) is 2. The molecule has 0 unspecified atom stereocenters. The van der Waals surface area contributed by atoms with Crippen LogP contribution in [-0.2, 0) is 6.42 Å². The molecule has 1 aliphatic heterocycles. The van der Waals surface area contributed by atoms with Gasteiger partial charge in [-0.1, -0.05) is 42.5 Å². The average Bonchev–Trinajstić information content (AvgIpc) is 2.42. The fourth-order valence-corrected chi connectivity index (χ4v) is 2.98. The summed E-state index contributed by atoms with van der Waals surface area (Å²) in [7, 11) is 0. The fraction of sp³-hybridized carbons (Fsp3) is 0.562. The molecule has 0 amide bonds. The quantitative estimate of drug-likeness (QED) is 0.810. The lowest BCUT2D eigenvalue weighted by molar-refractivity contribution is 0.183. The van der Waals surface area contributed by atoms with Crippen LogP contribution in [0.1, 0.15) is 31.2 Å². The first-order valence-corrected chi connectivity index (χ1v) is 7.69. The summed E-state index contributed by atoms with van der Waals surface area (Å²) in [6, 6.07) is 10.9. The fourth-order valence-electron chi connectivity index (χ4n) is 2.84. The molecule has 0 bridgehead atoms. The summed E-state index contributed by atoms with van der Waals surface area (Å²) in [5.74, 6) is 0.856. The Bertz CT molecular complexity index is 383. The lowest BCUT2D eigenvalue weighted by Crippen LogP contribution is -2.35. The zero-order valence-corrected chi connectivity index (χ0v) is 12.4. The largest absolute Gasteiger partial charge is 0.393 e. The van der Waals surface area contributed by atoms with Gasteiger partial charge in [-0.25, -0.2) is 0 Å². The van der Waals surface area contributed by atoms with Gasteiger partial charge in [0.1, 0.15) is 0 Å². The van der Waals surface area contributed by atoms with Crippen LogP contribution in [0.25, 0.3) is 0 Å². The predicted octanol–water partition coefficient (Wildman–Crippen LogP) is 3.01. The number of benzene rings is 1. The molecule has 1 aromatic carbocycles. The molecule has 1 fully saturated rings. The molecule has 2 rings (SSSR count). The second-order valence-corrected chi connectivity index (χ2v) is 6.07. The minimum atomic E-state index is 0.652. The minimum Gasteiger partial charge on any atom is -0.393 e. The maximum absolute atomic E-state index is 5.53. The molecule has 1 aromatic rings. The van der Waals surface area contributed by atoms with Gasteiger partial charge >= 0.3 is 0 Å². The Balaban J connectivity index is 1.66. The average molecular weight is 276 g/mol. The normalized spacial score (nSPS) is 17.5. The predicted molar refractivity (Wildman–Crippen MR) is 85.3 cm³/mol. The lowest BCUT2D eigenvalue weighted by atomic mass is 9.90. The first kappa shape index (κ1) is 14.5. The van der Waals surface area contributed by atoms with Crippen molar-refractivity contribution in [2.24, 2.45) is 11.7 Å². The third-order valence-corrected chi connectivity index (χ3v) is 4.18. The summed E-state index contributed by atoms with van der Waals surface area (Å²) >= 11 is 4.91. The van der Waals surface area contributed by atoms with Crippen molar-refractivity contribution in [1.29, 1.82) is 0 Å². The van der Waals surface area contributed by atoms with Gasteiger partial charge in [0.05, 0.1) is 4.99 Å². The van der Waals surface area contributed by atoms with Crippen LogP contribution in [-0.4, -0.2) is 29.5 Å². The molecule has 0 atom stereocenters.